The molecule has 1 aliphatic carbocycles. The molecule has 1 aromatic carbocycles. The van der Waals surface area contributed by atoms with E-state index in [9.17, 15) is 9.59 Å². The van der Waals surface area contributed by atoms with E-state index in [4.69, 9.17) is 4.74 Å². The van der Waals surface area contributed by atoms with Crippen LogP contribution in [-0.4, -0.2) is 24.6 Å². The minimum absolute atomic E-state index is 0.00469. The first kappa shape index (κ1) is 13.7. The van der Waals surface area contributed by atoms with Crippen molar-refractivity contribution in [2.75, 3.05) is 17.2 Å². The molecule has 0 bridgehead atoms. The molecule has 1 aliphatic heterocycles. The third-order valence-electron chi connectivity index (χ3n) is 3.81. The van der Waals surface area contributed by atoms with E-state index in [2.05, 4.69) is 16.0 Å². The molecule has 0 aromatic heterocycles. The number of hydrogen-bond donors (Lipinski definition) is 3. The number of anilines is 2. The number of ether oxygens (including phenoxy) is 1. The van der Waals surface area contributed by atoms with Gasteiger partial charge in [0, 0.05) is 17.8 Å². The maximum absolute atomic E-state index is 12.0. The Hall–Kier alpha value is -2.24. The molecule has 0 atom stereocenters. The van der Waals surface area contributed by atoms with Gasteiger partial charge in [0.25, 0.3) is 5.91 Å². The fourth-order valence-corrected chi connectivity index (χ4v) is 2.75. The number of fused-ring (bicyclic) bond motifs is 1. The molecule has 1 aromatic rings. The number of amides is 3. The third-order valence-corrected chi connectivity index (χ3v) is 3.81. The molecular formula is C15H19N3O3. The summed E-state index contributed by atoms with van der Waals surface area (Å²) in [7, 11) is 0. The van der Waals surface area contributed by atoms with Crippen molar-refractivity contribution in [3.8, 4) is 5.75 Å². The van der Waals surface area contributed by atoms with E-state index >= 15 is 0 Å². The average molecular weight is 289 g/mol. The number of hydrogen-bond acceptors (Lipinski definition) is 3. The van der Waals surface area contributed by atoms with Crippen molar-refractivity contribution in [2.45, 2.75) is 38.1 Å². The summed E-state index contributed by atoms with van der Waals surface area (Å²) in [5.41, 5.74) is 1.28. The standard InChI is InChI=1S/C15H19N3O3/c19-14-9-21-13-8-11(6-7-12(13)18-14)17-15(20)16-10-4-2-1-3-5-10/h6-8,10H,1-5,9H2,(H,18,19)(H2,16,17,20). The SMILES string of the molecule is O=C1COc2cc(NC(=O)NC3CCCCC3)ccc2N1. The molecule has 0 unspecified atom stereocenters. The van der Waals surface area contributed by atoms with Crippen LogP contribution in [0.25, 0.3) is 0 Å². The quantitative estimate of drug-likeness (QED) is 0.782. The van der Waals surface area contributed by atoms with E-state index < -0.39 is 0 Å². The largest absolute Gasteiger partial charge is 0.482 e. The lowest BCUT2D eigenvalue weighted by atomic mass is 9.96. The van der Waals surface area contributed by atoms with E-state index in [1.165, 1.54) is 19.3 Å². The second kappa shape index (κ2) is 6.03. The lowest BCUT2D eigenvalue weighted by Crippen LogP contribution is -2.39. The molecule has 112 valence electrons. The van der Waals surface area contributed by atoms with Gasteiger partial charge in [-0.05, 0) is 25.0 Å². The van der Waals surface area contributed by atoms with Crippen LogP contribution >= 0.6 is 0 Å². The highest BCUT2D eigenvalue weighted by Crippen LogP contribution is 2.30. The third kappa shape index (κ3) is 3.45. The molecule has 3 N–H and O–H groups in total. The second-order valence-corrected chi connectivity index (χ2v) is 5.48. The van der Waals surface area contributed by atoms with Gasteiger partial charge in [0.2, 0.25) is 0 Å². The molecule has 0 spiro atoms. The normalized spacial score (nSPS) is 18.2. The zero-order valence-corrected chi connectivity index (χ0v) is 11.8. The van der Waals surface area contributed by atoms with Crippen LogP contribution in [0.1, 0.15) is 32.1 Å². The summed E-state index contributed by atoms with van der Waals surface area (Å²) in [5.74, 6) is 0.406. The highest BCUT2D eigenvalue weighted by atomic mass is 16.5. The predicted octanol–water partition coefficient (Wildman–Crippen LogP) is 2.47. The molecule has 1 heterocycles. The minimum atomic E-state index is -0.193. The van der Waals surface area contributed by atoms with Gasteiger partial charge < -0.3 is 20.7 Å². The van der Waals surface area contributed by atoms with Gasteiger partial charge in [-0.2, -0.15) is 0 Å². The summed E-state index contributed by atoms with van der Waals surface area (Å²) in [4.78, 5) is 23.2. The van der Waals surface area contributed by atoms with Crippen molar-refractivity contribution < 1.29 is 14.3 Å². The van der Waals surface area contributed by atoms with Gasteiger partial charge in [-0.25, -0.2) is 4.79 Å². The maximum atomic E-state index is 12.0. The zero-order chi connectivity index (χ0) is 14.7. The van der Waals surface area contributed by atoms with E-state index in [-0.39, 0.29) is 24.6 Å². The Kier molecular flexibility index (Phi) is 3.94. The molecular weight excluding hydrogens is 270 g/mol. The molecule has 3 rings (SSSR count). The number of nitrogens with one attached hydrogen (secondary N) is 3. The number of rotatable bonds is 2. The molecule has 2 aliphatic rings. The first-order valence-corrected chi connectivity index (χ1v) is 7.35. The van der Waals surface area contributed by atoms with Crippen molar-refractivity contribution >= 4 is 23.3 Å². The van der Waals surface area contributed by atoms with Crippen molar-refractivity contribution in [2.24, 2.45) is 0 Å². The van der Waals surface area contributed by atoms with Crippen LogP contribution in [0.5, 0.6) is 5.75 Å². The van der Waals surface area contributed by atoms with Gasteiger partial charge in [0.05, 0.1) is 5.69 Å². The van der Waals surface area contributed by atoms with Gasteiger partial charge in [-0.3, -0.25) is 4.79 Å². The molecule has 6 nitrogen and oxygen atoms in total. The summed E-state index contributed by atoms with van der Waals surface area (Å²) < 4.78 is 5.32. The van der Waals surface area contributed by atoms with Crippen LogP contribution < -0.4 is 20.7 Å². The molecule has 0 radical (unpaired) electrons. The summed E-state index contributed by atoms with van der Waals surface area (Å²) in [6.45, 7) is 0.00469. The smallest absolute Gasteiger partial charge is 0.319 e. The molecule has 3 amide bonds. The minimum Gasteiger partial charge on any atom is -0.482 e. The van der Waals surface area contributed by atoms with Gasteiger partial charge >= 0.3 is 6.03 Å². The fourth-order valence-electron chi connectivity index (χ4n) is 2.75. The molecule has 1 fully saturated rings. The zero-order valence-electron chi connectivity index (χ0n) is 11.8. The Labute approximate surface area is 123 Å². The Bertz CT molecular complexity index is 553. The van der Waals surface area contributed by atoms with Crippen molar-refractivity contribution in [3.05, 3.63) is 18.2 Å². The Morgan fingerprint density at radius 3 is 2.86 bits per heavy atom. The Balaban J connectivity index is 1.59. The van der Waals surface area contributed by atoms with E-state index in [0.717, 1.165) is 12.8 Å². The fraction of sp³-hybridized carbons (Fsp3) is 0.467. The van der Waals surface area contributed by atoms with Crippen LogP contribution in [0.4, 0.5) is 16.2 Å². The molecule has 0 saturated heterocycles. The van der Waals surface area contributed by atoms with Crippen molar-refractivity contribution in [1.29, 1.82) is 0 Å². The second-order valence-electron chi connectivity index (χ2n) is 5.48. The van der Waals surface area contributed by atoms with Crippen LogP contribution in [0.3, 0.4) is 0 Å². The lowest BCUT2D eigenvalue weighted by molar-refractivity contribution is -0.118. The van der Waals surface area contributed by atoms with E-state index in [1.54, 1.807) is 18.2 Å². The number of urea groups is 1. The molecule has 21 heavy (non-hydrogen) atoms. The van der Waals surface area contributed by atoms with Gasteiger partial charge in [0.15, 0.2) is 6.61 Å². The molecule has 6 heteroatoms. The van der Waals surface area contributed by atoms with Crippen LogP contribution in [-0.2, 0) is 4.79 Å². The summed E-state index contributed by atoms with van der Waals surface area (Å²) in [5, 5.41) is 8.52. The van der Waals surface area contributed by atoms with Crippen LogP contribution in [0.2, 0.25) is 0 Å². The lowest BCUT2D eigenvalue weighted by Gasteiger charge is -2.23. The van der Waals surface area contributed by atoms with Crippen LogP contribution in [0, 0.1) is 0 Å². The topological polar surface area (TPSA) is 79.5 Å². The average Bonchev–Trinajstić information content (AvgIpc) is 2.48. The maximum Gasteiger partial charge on any atom is 0.319 e. The first-order chi connectivity index (χ1) is 10.2. The monoisotopic (exact) mass is 289 g/mol. The van der Waals surface area contributed by atoms with Crippen LogP contribution in [0.15, 0.2) is 18.2 Å². The van der Waals surface area contributed by atoms with E-state index in [1.807, 2.05) is 0 Å². The highest BCUT2D eigenvalue weighted by molar-refractivity contribution is 5.96. The van der Waals surface area contributed by atoms with Crippen molar-refractivity contribution in [1.82, 2.24) is 5.32 Å². The Morgan fingerprint density at radius 1 is 1.24 bits per heavy atom. The molecule has 1 saturated carbocycles. The highest BCUT2D eigenvalue weighted by Gasteiger charge is 2.18. The summed E-state index contributed by atoms with van der Waals surface area (Å²) in [6.07, 6.45) is 5.71. The number of benzene rings is 1. The van der Waals surface area contributed by atoms with Gasteiger partial charge in [-0.15, -0.1) is 0 Å². The van der Waals surface area contributed by atoms with Gasteiger partial charge in [-0.1, -0.05) is 19.3 Å². The van der Waals surface area contributed by atoms with E-state index in [0.29, 0.717) is 17.1 Å². The predicted molar refractivity (Wildman–Crippen MR) is 79.6 cm³/mol. The first-order valence-electron chi connectivity index (χ1n) is 7.35. The van der Waals surface area contributed by atoms with Gasteiger partial charge in [0.1, 0.15) is 5.75 Å². The number of carbonyl (C=O) groups is 2. The summed E-state index contributed by atoms with van der Waals surface area (Å²) >= 11 is 0. The number of carbonyl (C=O) groups excluding carboxylic acids is 2. The Morgan fingerprint density at radius 2 is 2.05 bits per heavy atom. The van der Waals surface area contributed by atoms with Crippen molar-refractivity contribution in [3.63, 3.8) is 0 Å². The summed E-state index contributed by atoms with van der Waals surface area (Å²) in [6, 6.07) is 5.26.